The molecule has 0 saturated carbocycles. The molecule has 5 heteroatoms. The topological polar surface area (TPSA) is 38.8 Å². The number of nitrogens with zero attached hydrogens (tertiary/aromatic N) is 1. The van der Waals surface area contributed by atoms with Crippen molar-refractivity contribution in [3.8, 4) is 0 Å². The fraction of sp³-hybridized carbons (Fsp3) is 0.650. The average molecular weight is 343 g/mol. The van der Waals surface area contributed by atoms with Gasteiger partial charge in [0.15, 0.2) is 0 Å². The second-order valence-electron chi connectivity index (χ2n) is 8.64. The highest BCUT2D eigenvalue weighted by molar-refractivity contribution is 6.62. The summed E-state index contributed by atoms with van der Waals surface area (Å²) in [5.74, 6) is 0.862. The molecule has 0 spiro atoms. The van der Waals surface area contributed by atoms with E-state index in [1.165, 1.54) is 0 Å². The number of piperidine rings is 1. The predicted octanol–water partition coefficient (Wildman–Crippen LogP) is 3.17. The van der Waals surface area contributed by atoms with E-state index in [4.69, 9.17) is 9.31 Å². The van der Waals surface area contributed by atoms with E-state index in [2.05, 4.69) is 34.6 Å². The summed E-state index contributed by atoms with van der Waals surface area (Å²) in [5, 5.41) is 0. The van der Waals surface area contributed by atoms with Crippen LogP contribution in [-0.2, 0) is 9.31 Å². The predicted molar refractivity (Wildman–Crippen MR) is 101 cm³/mol. The van der Waals surface area contributed by atoms with Crippen molar-refractivity contribution in [3.05, 3.63) is 29.3 Å². The van der Waals surface area contributed by atoms with Crippen molar-refractivity contribution in [2.75, 3.05) is 13.1 Å². The first-order valence-corrected chi connectivity index (χ1v) is 9.36. The van der Waals surface area contributed by atoms with E-state index in [1.54, 1.807) is 0 Å². The van der Waals surface area contributed by atoms with Crippen molar-refractivity contribution >= 4 is 18.5 Å². The van der Waals surface area contributed by atoms with Gasteiger partial charge in [0.1, 0.15) is 0 Å². The SMILES string of the molecule is Cc1cc(B2OC(C)(C)C(C)(C)O2)ccc1C(=O)N1CCC(C)CC1. The van der Waals surface area contributed by atoms with Crippen molar-refractivity contribution in [1.29, 1.82) is 0 Å². The highest BCUT2D eigenvalue weighted by Crippen LogP contribution is 2.36. The van der Waals surface area contributed by atoms with Crippen LogP contribution < -0.4 is 5.46 Å². The van der Waals surface area contributed by atoms with Crippen molar-refractivity contribution in [2.45, 2.75) is 65.6 Å². The number of amides is 1. The highest BCUT2D eigenvalue weighted by atomic mass is 16.7. The second kappa shape index (κ2) is 6.44. The van der Waals surface area contributed by atoms with E-state index in [0.29, 0.717) is 0 Å². The molecule has 0 bridgehead atoms. The minimum atomic E-state index is -0.385. The maximum absolute atomic E-state index is 12.8. The number of likely N-dealkylation sites (tertiary alicyclic amines) is 1. The summed E-state index contributed by atoms with van der Waals surface area (Å²) in [6, 6.07) is 5.92. The van der Waals surface area contributed by atoms with Gasteiger partial charge in [0.2, 0.25) is 0 Å². The van der Waals surface area contributed by atoms with Crippen LogP contribution >= 0.6 is 0 Å². The monoisotopic (exact) mass is 343 g/mol. The number of hydrogen-bond acceptors (Lipinski definition) is 3. The van der Waals surface area contributed by atoms with E-state index < -0.39 is 0 Å². The third kappa shape index (κ3) is 3.49. The minimum Gasteiger partial charge on any atom is -0.399 e. The van der Waals surface area contributed by atoms with E-state index in [-0.39, 0.29) is 24.2 Å². The molecule has 0 aromatic heterocycles. The van der Waals surface area contributed by atoms with Crippen molar-refractivity contribution in [2.24, 2.45) is 5.92 Å². The van der Waals surface area contributed by atoms with Crippen LogP contribution in [0.25, 0.3) is 0 Å². The van der Waals surface area contributed by atoms with Crippen molar-refractivity contribution < 1.29 is 14.1 Å². The second-order valence-corrected chi connectivity index (χ2v) is 8.64. The first kappa shape index (κ1) is 18.5. The molecule has 2 aliphatic rings. The lowest BCUT2D eigenvalue weighted by Crippen LogP contribution is -2.41. The van der Waals surface area contributed by atoms with Crippen LogP contribution in [-0.4, -0.2) is 42.2 Å². The molecule has 2 saturated heterocycles. The maximum Gasteiger partial charge on any atom is 0.494 e. The van der Waals surface area contributed by atoms with Gasteiger partial charge in [0, 0.05) is 18.7 Å². The number of rotatable bonds is 2. The molecule has 0 N–H and O–H groups in total. The van der Waals surface area contributed by atoms with Gasteiger partial charge >= 0.3 is 7.12 Å². The molecule has 1 aromatic rings. The van der Waals surface area contributed by atoms with Crippen LogP contribution in [0.1, 0.15) is 63.4 Å². The van der Waals surface area contributed by atoms with Crippen molar-refractivity contribution in [3.63, 3.8) is 0 Å². The molecule has 0 aliphatic carbocycles. The van der Waals surface area contributed by atoms with Crippen LogP contribution in [0.15, 0.2) is 18.2 Å². The lowest BCUT2D eigenvalue weighted by molar-refractivity contribution is 0.00578. The van der Waals surface area contributed by atoms with Gasteiger partial charge in [-0.1, -0.05) is 19.1 Å². The lowest BCUT2D eigenvalue weighted by Gasteiger charge is -2.32. The van der Waals surface area contributed by atoms with Gasteiger partial charge in [-0.25, -0.2) is 0 Å². The molecule has 2 aliphatic heterocycles. The maximum atomic E-state index is 12.8. The molecule has 1 amide bonds. The largest absolute Gasteiger partial charge is 0.494 e. The Hall–Kier alpha value is -1.33. The van der Waals surface area contributed by atoms with Crippen LogP contribution in [0.3, 0.4) is 0 Å². The van der Waals surface area contributed by atoms with Crippen LogP contribution in [0.5, 0.6) is 0 Å². The Morgan fingerprint density at radius 3 is 2.20 bits per heavy atom. The van der Waals surface area contributed by atoms with E-state index in [0.717, 1.165) is 48.4 Å². The number of aryl methyl sites for hydroxylation is 1. The highest BCUT2D eigenvalue weighted by Gasteiger charge is 2.51. The van der Waals surface area contributed by atoms with Crippen LogP contribution in [0.4, 0.5) is 0 Å². The molecular weight excluding hydrogens is 313 g/mol. The average Bonchev–Trinajstić information content (AvgIpc) is 2.75. The Labute approximate surface area is 152 Å². The number of carbonyl (C=O) groups is 1. The molecule has 3 rings (SSSR count). The summed E-state index contributed by atoms with van der Waals surface area (Å²) in [6.07, 6.45) is 2.19. The quantitative estimate of drug-likeness (QED) is 0.775. The number of benzene rings is 1. The molecule has 2 fully saturated rings. The Kier molecular flexibility index (Phi) is 4.76. The molecule has 4 nitrogen and oxygen atoms in total. The third-order valence-electron chi connectivity index (χ3n) is 6.08. The van der Waals surface area contributed by atoms with Gasteiger partial charge in [-0.2, -0.15) is 0 Å². The summed E-state index contributed by atoms with van der Waals surface area (Å²) >= 11 is 0. The first-order valence-electron chi connectivity index (χ1n) is 9.36. The molecule has 1 aromatic carbocycles. The fourth-order valence-corrected chi connectivity index (χ4v) is 3.43. The minimum absolute atomic E-state index is 0.143. The molecular formula is C20H30BNO3. The molecule has 0 unspecified atom stereocenters. The molecule has 25 heavy (non-hydrogen) atoms. The van der Waals surface area contributed by atoms with E-state index in [9.17, 15) is 4.79 Å². The Balaban J connectivity index is 1.77. The van der Waals surface area contributed by atoms with Gasteiger partial charge in [-0.15, -0.1) is 0 Å². The molecule has 0 atom stereocenters. The number of hydrogen-bond donors (Lipinski definition) is 0. The van der Waals surface area contributed by atoms with E-state index >= 15 is 0 Å². The number of carbonyl (C=O) groups excluding carboxylic acids is 1. The summed E-state index contributed by atoms with van der Waals surface area (Å²) < 4.78 is 12.2. The standard InChI is InChI=1S/C20H30BNO3/c1-14-9-11-22(12-10-14)18(23)17-8-7-16(13-15(17)2)21-24-19(3,4)20(5,6)25-21/h7-8,13-14H,9-12H2,1-6H3. The Morgan fingerprint density at radius 1 is 1.12 bits per heavy atom. The molecule has 0 radical (unpaired) electrons. The zero-order chi connectivity index (χ0) is 18.4. The summed E-state index contributed by atoms with van der Waals surface area (Å²) in [7, 11) is -0.385. The van der Waals surface area contributed by atoms with Crippen LogP contribution in [0, 0.1) is 12.8 Å². The molecule has 2 heterocycles. The van der Waals surface area contributed by atoms with Crippen LogP contribution in [0.2, 0.25) is 0 Å². The fourth-order valence-electron chi connectivity index (χ4n) is 3.43. The third-order valence-corrected chi connectivity index (χ3v) is 6.08. The lowest BCUT2D eigenvalue weighted by atomic mass is 9.77. The van der Waals surface area contributed by atoms with Gasteiger partial charge in [0.05, 0.1) is 11.2 Å². The zero-order valence-corrected chi connectivity index (χ0v) is 16.4. The molecule has 136 valence electrons. The van der Waals surface area contributed by atoms with Gasteiger partial charge in [-0.3, -0.25) is 4.79 Å². The Bertz CT molecular complexity index is 647. The van der Waals surface area contributed by atoms with Crippen molar-refractivity contribution in [1.82, 2.24) is 4.90 Å². The Morgan fingerprint density at radius 2 is 1.68 bits per heavy atom. The zero-order valence-electron chi connectivity index (χ0n) is 16.4. The normalized spacial score (nSPS) is 23.1. The van der Waals surface area contributed by atoms with E-state index in [1.807, 2.05) is 30.0 Å². The van der Waals surface area contributed by atoms with Gasteiger partial charge < -0.3 is 14.2 Å². The van der Waals surface area contributed by atoms with Gasteiger partial charge in [0.25, 0.3) is 5.91 Å². The first-order chi connectivity index (χ1) is 11.6. The summed E-state index contributed by atoms with van der Waals surface area (Å²) in [5.41, 5.74) is 2.03. The summed E-state index contributed by atoms with van der Waals surface area (Å²) in [6.45, 7) is 14.2. The van der Waals surface area contributed by atoms with Gasteiger partial charge in [-0.05, 0) is 70.5 Å². The summed E-state index contributed by atoms with van der Waals surface area (Å²) in [4.78, 5) is 14.8. The smallest absolute Gasteiger partial charge is 0.399 e.